The van der Waals surface area contributed by atoms with Crippen molar-refractivity contribution in [2.75, 3.05) is 26.4 Å². The second-order valence-electron chi connectivity index (χ2n) is 11.4. The summed E-state index contributed by atoms with van der Waals surface area (Å²) < 4.78 is 17.5. The van der Waals surface area contributed by atoms with Crippen molar-refractivity contribution in [2.45, 2.75) is 71.6 Å². The third-order valence-electron chi connectivity index (χ3n) is 8.64. The molecule has 0 aromatic heterocycles. The number of nitrogens with one attached hydrogen (secondary N) is 1. The summed E-state index contributed by atoms with van der Waals surface area (Å²) in [5.41, 5.74) is 3.84. The second kappa shape index (κ2) is 9.99. The molecular formula is C31H41NO4. The minimum atomic E-state index is -0.0694. The van der Waals surface area contributed by atoms with Crippen molar-refractivity contribution in [1.29, 1.82) is 0 Å². The predicted octanol–water partition coefficient (Wildman–Crippen LogP) is 6.46. The van der Waals surface area contributed by atoms with Gasteiger partial charge in [-0.1, -0.05) is 29.8 Å². The van der Waals surface area contributed by atoms with E-state index >= 15 is 0 Å². The number of aryl methyl sites for hydroxylation is 1. The quantitative estimate of drug-likeness (QED) is 0.414. The van der Waals surface area contributed by atoms with Crippen molar-refractivity contribution in [1.82, 2.24) is 5.32 Å². The van der Waals surface area contributed by atoms with Gasteiger partial charge in [-0.3, -0.25) is 4.79 Å². The third kappa shape index (κ3) is 4.69. The van der Waals surface area contributed by atoms with Gasteiger partial charge in [-0.2, -0.15) is 0 Å². The van der Waals surface area contributed by atoms with Crippen LogP contribution >= 0.6 is 0 Å². The van der Waals surface area contributed by atoms with Crippen molar-refractivity contribution < 1.29 is 19.0 Å². The Hall–Kier alpha value is -2.69. The van der Waals surface area contributed by atoms with Crippen LogP contribution in [0.25, 0.3) is 0 Å². The molecule has 2 aromatic rings. The van der Waals surface area contributed by atoms with E-state index in [1.807, 2.05) is 20.8 Å². The molecule has 1 amide bonds. The molecule has 0 aliphatic heterocycles. The van der Waals surface area contributed by atoms with Crippen molar-refractivity contribution in [3.05, 3.63) is 53.1 Å². The summed E-state index contributed by atoms with van der Waals surface area (Å²) >= 11 is 0. The molecule has 36 heavy (non-hydrogen) atoms. The van der Waals surface area contributed by atoms with Crippen LogP contribution in [0.2, 0.25) is 0 Å². The number of hydrogen-bond acceptors (Lipinski definition) is 4. The Labute approximate surface area is 215 Å². The highest BCUT2D eigenvalue weighted by Gasteiger charge is 2.58. The highest BCUT2D eigenvalue weighted by atomic mass is 16.5. The smallest absolute Gasteiger partial charge is 0.251 e. The monoisotopic (exact) mass is 491 g/mol. The summed E-state index contributed by atoms with van der Waals surface area (Å²) in [6.07, 6.45) is 7.60. The van der Waals surface area contributed by atoms with Crippen LogP contribution in [-0.4, -0.2) is 32.3 Å². The third-order valence-corrected chi connectivity index (χ3v) is 8.64. The van der Waals surface area contributed by atoms with Gasteiger partial charge in [-0.15, -0.1) is 0 Å². The fourth-order valence-corrected chi connectivity index (χ4v) is 7.79. The Morgan fingerprint density at radius 3 is 2.03 bits per heavy atom. The summed E-state index contributed by atoms with van der Waals surface area (Å²) in [4.78, 5) is 13.4. The molecule has 4 bridgehead atoms. The number of carbonyl (C=O) groups is 1. The van der Waals surface area contributed by atoms with Crippen LogP contribution in [0.1, 0.15) is 80.8 Å². The zero-order valence-electron chi connectivity index (χ0n) is 22.3. The van der Waals surface area contributed by atoms with Gasteiger partial charge in [-0.05, 0) is 107 Å². The normalized spacial score (nSPS) is 28.1. The van der Waals surface area contributed by atoms with E-state index in [2.05, 4.69) is 36.5 Å². The highest BCUT2D eigenvalue weighted by molar-refractivity contribution is 5.95. The summed E-state index contributed by atoms with van der Waals surface area (Å²) in [5.74, 6) is 3.15. The first-order valence-electron chi connectivity index (χ1n) is 13.8. The Kier molecular flexibility index (Phi) is 6.93. The Morgan fingerprint density at radius 1 is 0.889 bits per heavy atom. The molecule has 0 unspecified atom stereocenters. The minimum Gasteiger partial charge on any atom is -0.490 e. The van der Waals surface area contributed by atoms with Gasteiger partial charge < -0.3 is 19.5 Å². The average Bonchev–Trinajstić information content (AvgIpc) is 2.84. The summed E-state index contributed by atoms with van der Waals surface area (Å²) in [6, 6.07) is 12.8. The summed E-state index contributed by atoms with van der Waals surface area (Å²) in [5, 5.41) is 3.33. The van der Waals surface area contributed by atoms with E-state index in [4.69, 9.17) is 14.2 Å². The highest BCUT2D eigenvalue weighted by Crippen LogP contribution is 2.65. The minimum absolute atomic E-state index is 0.0694. The molecule has 0 radical (unpaired) electrons. The van der Waals surface area contributed by atoms with E-state index in [9.17, 15) is 4.79 Å². The van der Waals surface area contributed by atoms with E-state index in [-0.39, 0.29) is 16.7 Å². The summed E-state index contributed by atoms with van der Waals surface area (Å²) in [7, 11) is 0. The molecule has 4 aliphatic carbocycles. The molecule has 1 N–H and O–H groups in total. The number of hydrogen-bond donors (Lipinski definition) is 1. The lowest BCUT2D eigenvalue weighted by Gasteiger charge is -2.62. The first-order chi connectivity index (χ1) is 17.4. The van der Waals surface area contributed by atoms with Crippen molar-refractivity contribution in [3.8, 4) is 17.2 Å². The van der Waals surface area contributed by atoms with Gasteiger partial charge in [0, 0.05) is 12.1 Å². The molecule has 2 atom stereocenters. The lowest BCUT2D eigenvalue weighted by Crippen LogP contribution is -2.57. The van der Waals surface area contributed by atoms with Crippen molar-refractivity contribution >= 4 is 5.91 Å². The van der Waals surface area contributed by atoms with Gasteiger partial charge >= 0.3 is 0 Å². The van der Waals surface area contributed by atoms with E-state index in [1.165, 1.54) is 49.7 Å². The maximum Gasteiger partial charge on any atom is 0.251 e. The number of amides is 1. The molecule has 0 heterocycles. The maximum absolute atomic E-state index is 13.4. The van der Waals surface area contributed by atoms with Gasteiger partial charge in [0.05, 0.1) is 19.8 Å². The molecule has 4 saturated carbocycles. The molecule has 5 heteroatoms. The number of carbonyl (C=O) groups excluding carboxylic acids is 1. The van der Waals surface area contributed by atoms with Crippen LogP contribution in [0.4, 0.5) is 0 Å². The average molecular weight is 492 g/mol. The van der Waals surface area contributed by atoms with Gasteiger partial charge in [0.1, 0.15) is 0 Å². The molecule has 6 rings (SSSR count). The molecule has 5 nitrogen and oxygen atoms in total. The van der Waals surface area contributed by atoms with Crippen LogP contribution < -0.4 is 19.5 Å². The van der Waals surface area contributed by atoms with E-state index in [1.54, 1.807) is 12.1 Å². The van der Waals surface area contributed by atoms with Crippen LogP contribution in [0.15, 0.2) is 36.4 Å². The standard InChI is InChI=1S/C31H41NO4/c1-5-34-26-13-24(14-27(35-6-2)28(26)36-7-3)29(33)32-20-30-15-22-12-23(16-30)18-31(17-22,19-30)25-10-8-21(4)9-11-25/h8-11,13-14,22-23H,5-7,12,15-20H2,1-4H3,(H,32,33)/t22-,23-,30?,31?/m1/s1. The fourth-order valence-electron chi connectivity index (χ4n) is 7.79. The van der Waals surface area contributed by atoms with Gasteiger partial charge in [0.2, 0.25) is 5.75 Å². The first kappa shape index (κ1) is 25.0. The van der Waals surface area contributed by atoms with Gasteiger partial charge in [0.25, 0.3) is 5.91 Å². The molecular weight excluding hydrogens is 450 g/mol. The van der Waals surface area contributed by atoms with Crippen LogP contribution in [0.3, 0.4) is 0 Å². The van der Waals surface area contributed by atoms with E-state index < -0.39 is 0 Å². The molecule has 4 aliphatic rings. The largest absolute Gasteiger partial charge is 0.490 e. The SMILES string of the molecule is CCOc1cc(C(=O)NCC23C[C@H]4C[C@H](C2)CC(c2ccc(C)cc2)(C4)C3)cc(OCC)c1OCC. The number of rotatable bonds is 10. The molecule has 2 aromatic carbocycles. The maximum atomic E-state index is 13.4. The van der Waals surface area contributed by atoms with Gasteiger partial charge in [-0.25, -0.2) is 0 Å². The zero-order chi connectivity index (χ0) is 25.3. The number of ether oxygens (including phenoxy) is 3. The number of benzene rings is 2. The van der Waals surface area contributed by atoms with Crippen LogP contribution in [-0.2, 0) is 5.41 Å². The predicted molar refractivity (Wildman–Crippen MR) is 142 cm³/mol. The van der Waals surface area contributed by atoms with Crippen LogP contribution in [0.5, 0.6) is 17.2 Å². The van der Waals surface area contributed by atoms with Crippen molar-refractivity contribution in [3.63, 3.8) is 0 Å². The Bertz CT molecular complexity index is 1050. The fraction of sp³-hybridized carbons (Fsp3) is 0.581. The zero-order valence-corrected chi connectivity index (χ0v) is 22.3. The van der Waals surface area contributed by atoms with Crippen molar-refractivity contribution in [2.24, 2.45) is 17.3 Å². The van der Waals surface area contributed by atoms with Crippen LogP contribution in [0, 0.1) is 24.2 Å². The topological polar surface area (TPSA) is 56.8 Å². The lowest BCUT2D eigenvalue weighted by molar-refractivity contribution is -0.0697. The molecule has 194 valence electrons. The second-order valence-corrected chi connectivity index (χ2v) is 11.4. The Morgan fingerprint density at radius 2 is 1.47 bits per heavy atom. The molecule has 0 saturated heterocycles. The van der Waals surface area contributed by atoms with Gasteiger partial charge in [0.15, 0.2) is 11.5 Å². The Balaban J connectivity index is 1.36. The first-order valence-corrected chi connectivity index (χ1v) is 13.8. The summed E-state index contributed by atoms with van der Waals surface area (Å²) in [6.45, 7) is 10.2. The van der Waals surface area contributed by atoms with E-state index in [0.717, 1.165) is 18.4 Å². The molecule has 4 fully saturated rings. The molecule has 0 spiro atoms. The van der Waals surface area contributed by atoms with E-state index in [0.29, 0.717) is 42.6 Å². The lowest BCUT2D eigenvalue weighted by atomic mass is 9.43.